The Bertz CT molecular complexity index is 301. The van der Waals surface area contributed by atoms with Crippen LogP contribution in [0.3, 0.4) is 0 Å². The highest BCUT2D eigenvalue weighted by atomic mass is 16.2. The molecule has 0 saturated carbocycles. The second-order valence-corrected chi connectivity index (χ2v) is 5.28. The van der Waals surface area contributed by atoms with Gasteiger partial charge in [-0.1, -0.05) is 0 Å². The van der Waals surface area contributed by atoms with Crippen molar-refractivity contribution in [2.75, 3.05) is 20.1 Å². The Hall–Kier alpha value is -0.570. The van der Waals surface area contributed by atoms with E-state index in [0.717, 1.165) is 30.8 Å². The maximum absolute atomic E-state index is 11.5. The van der Waals surface area contributed by atoms with Gasteiger partial charge in [-0.3, -0.25) is 9.69 Å². The molecule has 0 aromatic rings. The van der Waals surface area contributed by atoms with E-state index in [2.05, 4.69) is 25.7 Å². The van der Waals surface area contributed by atoms with Gasteiger partial charge in [0.2, 0.25) is 5.91 Å². The van der Waals surface area contributed by atoms with Crippen LogP contribution in [-0.4, -0.2) is 47.4 Å². The number of rotatable bonds is 1. The molecule has 15 heavy (non-hydrogen) atoms. The minimum atomic E-state index is -2.32. The fourth-order valence-electron chi connectivity index (χ4n) is 2.05. The standard InChI is InChI=1S/C12H24N2O/c1-10(15)13(5)11-6-8-14(9-7-11)12(2,3)4/h11H,6-9H2,1-5H3/i5D3. The molecule has 3 heteroatoms. The Kier molecular flexibility index (Phi) is 2.58. The minimum Gasteiger partial charge on any atom is -0.343 e. The summed E-state index contributed by atoms with van der Waals surface area (Å²) in [7, 11) is 0. The lowest BCUT2D eigenvalue weighted by Gasteiger charge is -2.42. The molecule has 0 spiro atoms. The van der Waals surface area contributed by atoms with Crippen LogP contribution in [0.2, 0.25) is 0 Å². The smallest absolute Gasteiger partial charge is 0.219 e. The summed E-state index contributed by atoms with van der Waals surface area (Å²) < 4.78 is 22.4. The van der Waals surface area contributed by atoms with Crippen molar-refractivity contribution in [1.82, 2.24) is 9.80 Å². The largest absolute Gasteiger partial charge is 0.343 e. The summed E-state index contributed by atoms with van der Waals surface area (Å²) in [6.45, 7) is 7.16. The van der Waals surface area contributed by atoms with Gasteiger partial charge in [-0.05, 0) is 33.6 Å². The highest BCUT2D eigenvalue weighted by molar-refractivity contribution is 5.73. The third kappa shape index (κ3) is 3.20. The van der Waals surface area contributed by atoms with Gasteiger partial charge >= 0.3 is 0 Å². The molecule has 88 valence electrons. The molecular formula is C12H24N2O. The molecule has 1 amide bonds. The molecule has 1 heterocycles. The summed E-state index contributed by atoms with van der Waals surface area (Å²) in [5, 5.41) is 0. The minimum absolute atomic E-state index is 0.103. The number of carbonyl (C=O) groups excluding carboxylic acids is 1. The van der Waals surface area contributed by atoms with E-state index in [1.807, 2.05) is 0 Å². The van der Waals surface area contributed by atoms with Crippen LogP contribution >= 0.6 is 0 Å². The van der Waals surface area contributed by atoms with Crippen molar-refractivity contribution < 1.29 is 8.91 Å². The number of hydrogen-bond donors (Lipinski definition) is 0. The van der Waals surface area contributed by atoms with E-state index in [1.54, 1.807) is 0 Å². The number of piperidine rings is 1. The molecule has 0 radical (unpaired) electrons. The van der Waals surface area contributed by atoms with Crippen LogP contribution in [0.15, 0.2) is 0 Å². The van der Waals surface area contributed by atoms with Crippen molar-refractivity contribution in [1.29, 1.82) is 0 Å². The molecule has 0 aromatic heterocycles. The average Bonchev–Trinajstić information content (AvgIpc) is 2.13. The molecule has 0 atom stereocenters. The number of hydrogen-bond acceptors (Lipinski definition) is 2. The molecular weight excluding hydrogens is 188 g/mol. The topological polar surface area (TPSA) is 23.6 Å². The van der Waals surface area contributed by atoms with E-state index >= 15 is 0 Å². The average molecular weight is 215 g/mol. The van der Waals surface area contributed by atoms with Gasteiger partial charge in [0, 0.05) is 42.7 Å². The van der Waals surface area contributed by atoms with Gasteiger partial charge in [-0.2, -0.15) is 0 Å². The maximum atomic E-state index is 11.5. The van der Waals surface area contributed by atoms with Crippen molar-refractivity contribution in [3.63, 3.8) is 0 Å². The second kappa shape index (κ2) is 4.52. The zero-order valence-corrected chi connectivity index (χ0v) is 10.2. The van der Waals surface area contributed by atoms with Crippen LogP contribution in [0.4, 0.5) is 0 Å². The summed E-state index contributed by atoms with van der Waals surface area (Å²) in [6, 6.07) is -0.159. The first-order chi connectivity index (χ1) is 8.03. The Balaban J connectivity index is 2.69. The molecule has 0 aromatic carbocycles. The number of likely N-dealkylation sites (tertiary alicyclic amines) is 1. The molecule has 3 nitrogen and oxygen atoms in total. The van der Waals surface area contributed by atoms with E-state index in [4.69, 9.17) is 4.11 Å². The van der Waals surface area contributed by atoms with Crippen molar-refractivity contribution in [2.24, 2.45) is 0 Å². The first kappa shape index (κ1) is 8.57. The highest BCUT2D eigenvalue weighted by Gasteiger charge is 2.29. The van der Waals surface area contributed by atoms with Gasteiger partial charge in [0.1, 0.15) is 0 Å². The summed E-state index contributed by atoms with van der Waals surface area (Å²) in [6.07, 6.45) is 1.46. The lowest BCUT2D eigenvalue weighted by molar-refractivity contribution is -0.130. The van der Waals surface area contributed by atoms with Gasteiger partial charge in [0.05, 0.1) is 0 Å². The molecule has 0 N–H and O–H groups in total. The van der Waals surface area contributed by atoms with Crippen molar-refractivity contribution in [2.45, 2.75) is 52.1 Å². The molecule has 1 fully saturated rings. The molecule has 0 unspecified atom stereocenters. The molecule has 0 aliphatic carbocycles. The molecule has 1 saturated heterocycles. The summed E-state index contributed by atoms with van der Waals surface area (Å²) in [4.78, 5) is 14.9. The number of amides is 1. The second-order valence-electron chi connectivity index (χ2n) is 5.28. The van der Waals surface area contributed by atoms with Gasteiger partial charge in [0.15, 0.2) is 0 Å². The fraction of sp³-hybridized carbons (Fsp3) is 0.917. The number of carbonyl (C=O) groups is 1. The third-order valence-corrected chi connectivity index (χ3v) is 3.12. The fourth-order valence-corrected chi connectivity index (χ4v) is 2.05. The number of nitrogens with zero attached hydrogens (tertiary/aromatic N) is 2. The predicted octanol–water partition coefficient (Wildman–Crippen LogP) is 1.73. The third-order valence-electron chi connectivity index (χ3n) is 3.12. The van der Waals surface area contributed by atoms with Crippen LogP contribution in [0, 0.1) is 0 Å². The van der Waals surface area contributed by atoms with Crippen LogP contribution in [-0.2, 0) is 4.79 Å². The van der Waals surface area contributed by atoms with Crippen LogP contribution in [0.25, 0.3) is 0 Å². The first-order valence-electron chi connectivity index (χ1n) is 7.08. The SMILES string of the molecule is [2H]C([2H])([2H])N(C(C)=O)C1CCN(C(C)(C)C)CC1. The lowest BCUT2D eigenvalue weighted by atomic mass is 9.97. The predicted molar refractivity (Wildman–Crippen MR) is 62.8 cm³/mol. The quantitative estimate of drug-likeness (QED) is 0.665. The van der Waals surface area contributed by atoms with Gasteiger partial charge < -0.3 is 4.90 Å². The van der Waals surface area contributed by atoms with E-state index in [1.165, 1.54) is 6.92 Å². The first-order valence-corrected chi connectivity index (χ1v) is 5.58. The van der Waals surface area contributed by atoms with Gasteiger partial charge in [-0.15, -0.1) is 0 Å². The van der Waals surface area contributed by atoms with Gasteiger partial charge in [-0.25, -0.2) is 0 Å². The van der Waals surface area contributed by atoms with Gasteiger partial charge in [0.25, 0.3) is 0 Å². The maximum Gasteiger partial charge on any atom is 0.219 e. The van der Waals surface area contributed by atoms with E-state index < -0.39 is 6.98 Å². The zero-order chi connectivity index (χ0) is 14.1. The van der Waals surface area contributed by atoms with Crippen LogP contribution in [0.5, 0.6) is 0 Å². The molecule has 1 aliphatic rings. The molecule has 1 rings (SSSR count). The lowest BCUT2D eigenvalue weighted by Crippen LogP contribution is -2.50. The summed E-state index contributed by atoms with van der Waals surface area (Å²) >= 11 is 0. The van der Waals surface area contributed by atoms with Crippen molar-refractivity contribution >= 4 is 5.91 Å². The Morgan fingerprint density at radius 3 is 2.27 bits per heavy atom. The van der Waals surface area contributed by atoms with Crippen LogP contribution < -0.4 is 0 Å². The zero-order valence-electron chi connectivity index (χ0n) is 13.2. The van der Waals surface area contributed by atoms with E-state index in [9.17, 15) is 4.79 Å². The monoisotopic (exact) mass is 215 g/mol. The van der Waals surface area contributed by atoms with E-state index in [0.29, 0.717) is 0 Å². The highest BCUT2D eigenvalue weighted by Crippen LogP contribution is 2.22. The Morgan fingerprint density at radius 2 is 1.93 bits per heavy atom. The summed E-state index contributed by atoms with van der Waals surface area (Å²) in [5.41, 5.74) is 0.103. The molecule has 1 aliphatic heterocycles. The van der Waals surface area contributed by atoms with Crippen molar-refractivity contribution in [3.05, 3.63) is 0 Å². The van der Waals surface area contributed by atoms with Crippen LogP contribution in [0.1, 0.15) is 44.6 Å². The van der Waals surface area contributed by atoms with Crippen molar-refractivity contribution in [3.8, 4) is 0 Å². The van der Waals surface area contributed by atoms with E-state index in [-0.39, 0.29) is 17.5 Å². The Labute approximate surface area is 97.6 Å². The Morgan fingerprint density at radius 1 is 1.40 bits per heavy atom. The summed E-state index contributed by atoms with van der Waals surface area (Å²) in [5.74, 6) is -0.357. The normalized spacial score (nSPS) is 24.1. The molecule has 0 bridgehead atoms.